The third kappa shape index (κ3) is 3.63. The summed E-state index contributed by atoms with van der Waals surface area (Å²) in [6, 6.07) is 13.6. The molecule has 0 saturated carbocycles. The van der Waals surface area contributed by atoms with Crippen molar-refractivity contribution in [3.05, 3.63) is 84.1 Å². The zero-order valence-electron chi connectivity index (χ0n) is 17.0. The number of phenolic OH excluding ortho intramolecular Hbond substituents is 2. The van der Waals surface area contributed by atoms with Gasteiger partial charge in [-0.25, -0.2) is 9.07 Å². The molecule has 0 aliphatic carbocycles. The van der Waals surface area contributed by atoms with Crippen molar-refractivity contribution in [1.82, 2.24) is 19.7 Å². The third-order valence-electron chi connectivity index (χ3n) is 5.32. The molecular weight excluding hydrogens is 399 g/mol. The van der Waals surface area contributed by atoms with Gasteiger partial charge < -0.3 is 20.1 Å². The van der Waals surface area contributed by atoms with Crippen LogP contribution >= 0.6 is 0 Å². The van der Waals surface area contributed by atoms with Gasteiger partial charge in [0, 0.05) is 30.6 Å². The normalized spacial score (nSPS) is 12.0. The van der Waals surface area contributed by atoms with Crippen molar-refractivity contribution in [3.8, 4) is 28.4 Å². The highest BCUT2D eigenvalue weighted by Gasteiger charge is 2.25. The fourth-order valence-corrected chi connectivity index (χ4v) is 3.46. The lowest BCUT2D eigenvalue weighted by Crippen LogP contribution is -2.30. The minimum Gasteiger partial charge on any atom is -0.507 e. The number of amides is 1. The predicted molar refractivity (Wildman–Crippen MR) is 114 cm³/mol. The molecule has 158 valence electrons. The van der Waals surface area contributed by atoms with E-state index in [-0.39, 0.29) is 34.4 Å². The monoisotopic (exact) mass is 420 g/mol. The molecule has 1 unspecified atom stereocenters. The van der Waals surface area contributed by atoms with E-state index in [9.17, 15) is 19.4 Å². The molecule has 7 nitrogen and oxygen atoms in total. The van der Waals surface area contributed by atoms with E-state index in [4.69, 9.17) is 0 Å². The first-order valence-electron chi connectivity index (χ1n) is 9.64. The molecule has 31 heavy (non-hydrogen) atoms. The van der Waals surface area contributed by atoms with Gasteiger partial charge in [-0.3, -0.25) is 4.79 Å². The summed E-state index contributed by atoms with van der Waals surface area (Å²) in [4.78, 5) is 17.7. The second-order valence-corrected chi connectivity index (χ2v) is 7.18. The van der Waals surface area contributed by atoms with Crippen LogP contribution in [-0.4, -0.2) is 42.8 Å². The van der Waals surface area contributed by atoms with Gasteiger partial charge in [-0.05, 0) is 43.3 Å². The van der Waals surface area contributed by atoms with Gasteiger partial charge in [0.25, 0.3) is 5.91 Å². The molecule has 0 radical (unpaired) electrons. The Bertz CT molecular complexity index is 1230. The summed E-state index contributed by atoms with van der Waals surface area (Å²) < 4.78 is 15.7. The van der Waals surface area contributed by atoms with Crippen LogP contribution in [0.4, 0.5) is 4.39 Å². The number of aromatic hydroxyl groups is 2. The minimum atomic E-state index is -0.485. The van der Waals surface area contributed by atoms with Crippen LogP contribution in [0.2, 0.25) is 0 Å². The van der Waals surface area contributed by atoms with E-state index >= 15 is 0 Å². The van der Waals surface area contributed by atoms with Crippen molar-refractivity contribution >= 4 is 5.91 Å². The number of nitrogens with zero attached hydrogens (tertiary/aromatic N) is 3. The highest BCUT2D eigenvalue weighted by Crippen LogP contribution is 2.37. The van der Waals surface area contributed by atoms with Crippen LogP contribution in [0.5, 0.6) is 11.5 Å². The van der Waals surface area contributed by atoms with Gasteiger partial charge in [0.2, 0.25) is 0 Å². The van der Waals surface area contributed by atoms with Crippen LogP contribution in [0, 0.1) is 5.82 Å². The molecule has 4 aromatic rings. The van der Waals surface area contributed by atoms with Crippen molar-refractivity contribution < 1.29 is 19.4 Å². The van der Waals surface area contributed by atoms with Gasteiger partial charge in [-0.2, -0.15) is 5.10 Å². The smallest absolute Gasteiger partial charge is 0.257 e. The van der Waals surface area contributed by atoms with Gasteiger partial charge >= 0.3 is 0 Å². The number of aromatic nitrogens is 3. The van der Waals surface area contributed by atoms with Crippen molar-refractivity contribution in [3.63, 3.8) is 0 Å². The largest absolute Gasteiger partial charge is 0.507 e. The minimum absolute atomic E-state index is 0.00925. The number of para-hydroxylation sites is 1. The Kier molecular flexibility index (Phi) is 5.21. The summed E-state index contributed by atoms with van der Waals surface area (Å²) in [5.74, 6) is -1.53. The lowest BCUT2D eigenvalue weighted by atomic mass is 10.0. The molecule has 0 bridgehead atoms. The van der Waals surface area contributed by atoms with E-state index in [1.165, 1.54) is 27.9 Å². The number of H-pyrrole nitrogens is 1. The van der Waals surface area contributed by atoms with Gasteiger partial charge in [0.1, 0.15) is 23.0 Å². The number of aromatic amines is 1. The standard InChI is InChI=1S/C23H21FN4O3/c1-14(18-7-5-10-25-18)27(2)23(31)16-12-15(21(29)13-22(16)30)19-9-11-26-28(19)20-8-4-3-6-17(20)24/h3-14,25,29-30H,1-2H3. The highest BCUT2D eigenvalue weighted by molar-refractivity contribution is 5.98. The van der Waals surface area contributed by atoms with Gasteiger partial charge in [0.05, 0.1) is 23.5 Å². The van der Waals surface area contributed by atoms with Crippen LogP contribution < -0.4 is 0 Å². The van der Waals surface area contributed by atoms with Gasteiger partial charge in [-0.15, -0.1) is 0 Å². The Morgan fingerprint density at radius 2 is 1.90 bits per heavy atom. The number of benzene rings is 2. The highest BCUT2D eigenvalue weighted by atomic mass is 19.1. The van der Waals surface area contributed by atoms with Crippen LogP contribution in [0.3, 0.4) is 0 Å². The zero-order valence-corrected chi connectivity index (χ0v) is 17.0. The molecule has 0 fully saturated rings. The second-order valence-electron chi connectivity index (χ2n) is 7.18. The van der Waals surface area contributed by atoms with Crippen molar-refractivity contribution in [2.45, 2.75) is 13.0 Å². The van der Waals surface area contributed by atoms with E-state index in [2.05, 4.69) is 10.1 Å². The summed E-state index contributed by atoms with van der Waals surface area (Å²) in [6.45, 7) is 1.86. The molecule has 0 aliphatic heterocycles. The fourth-order valence-electron chi connectivity index (χ4n) is 3.46. The molecule has 1 atom stereocenters. The quantitative estimate of drug-likeness (QED) is 0.450. The number of phenols is 2. The molecule has 8 heteroatoms. The Hall–Kier alpha value is -4.07. The Balaban J connectivity index is 1.76. The summed E-state index contributed by atoms with van der Waals surface area (Å²) >= 11 is 0. The lowest BCUT2D eigenvalue weighted by Gasteiger charge is -2.25. The molecule has 3 N–H and O–H groups in total. The molecule has 2 heterocycles. The number of hydrogen-bond donors (Lipinski definition) is 3. The number of carbonyl (C=O) groups is 1. The topological polar surface area (TPSA) is 94.4 Å². The van der Waals surface area contributed by atoms with Crippen LogP contribution in [0.25, 0.3) is 16.9 Å². The number of rotatable bonds is 5. The Labute approximate surface area is 178 Å². The molecular formula is C23H21FN4O3. The van der Waals surface area contributed by atoms with E-state index < -0.39 is 11.7 Å². The second kappa shape index (κ2) is 7.98. The average Bonchev–Trinajstić information content (AvgIpc) is 3.45. The zero-order chi connectivity index (χ0) is 22.1. The van der Waals surface area contributed by atoms with Crippen molar-refractivity contribution in [1.29, 1.82) is 0 Å². The summed E-state index contributed by atoms with van der Waals surface area (Å²) in [5.41, 5.74) is 1.65. The molecule has 0 saturated heterocycles. The SMILES string of the molecule is CC(c1ccc[nH]1)N(C)C(=O)c1cc(-c2ccnn2-c2ccccc2F)c(O)cc1O. The maximum Gasteiger partial charge on any atom is 0.257 e. The Morgan fingerprint density at radius 3 is 2.61 bits per heavy atom. The van der Waals surface area contributed by atoms with Crippen LogP contribution in [-0.2, 0) is 0 Å². The van der Waals surface area contributed by atoms with E-state index in [1.54, 1.807) is 37.5 Å². The maximum absolute atomic E-state index is 14.3. The van der Waals surface area contributed by atoms with Gasteiger partial charge in [-0.1, -0.05) is 12.1 Å². The molecule has 0 spiro atoms. The molecule has 0 aliphatic rings. The number of halogens is 1. The van der Waals surface area contributed by atoms with E-state index in [0.29, 0.717) is 5.69 Å². The van der Waals surface area contributed by atoms with Crippen LogP contribution in [0.15, 0.2) is 67.0 Å². The first kappa shape index (κ1) is 20.2. The summed E-state index contributed by atoms with van der Waals surface area (Å²) in [7, 11) is 1.63. The number of hydrogen-bond acceptors (Lipinski definition) is 4. The fraction of sp³-hybridized carbons (Fsp3) is 0.130. The van der Waals surface area contributed by atoms with Crippen molar-refractivity contribution in [2.75, 3.05) is 7.05 Å². The van der Waals surface area contributed by atoms with Crippen molar-refractivity contribution in [2.24, 2.45) is 0 Å². The van der Waals surface area contributed by atoms with Crippen LogP contribution in [0.1, 0.15) is 29.0 Å². The lowest BCUT2D eigenvalue weighted by molar-refractivity contribution is 0.0737. The third-order valence-corrected chi connectivity index (χ3v) is 5.32. The maximum atomic E-state index is 14.3. The van der Waals surface area contributed by atoms with Gasteiger partial charge in [0.15, 0.2) is 0 Å². The van der Waals surface area contributed by atoms with E-state index in [0.717, 1.165) is 11.8 Å². The summed E-state index contributed by atoms with van der Waals surface area (Å²) in [6.07, 6.45) is 3.24. The number of nitrogens with one attached hydrogen (secondary N) is 1. The summed E-state index contributed by atoms with van der Waals surface area (Å²) in [5, 5.41) is 25.0. The average molecular weight is 420 g/mol. The predicted octanol–water partition coefficient (Wildman–Crippen LogP) is 4.25. The molecule has 2 aromatic carbocycles. The first-order chi connectivity index (χ1) is 14.9. The molecule has 2 aromatic heterocycles. The molecule has 4 rings (SSSR count). The Morgan fingerprint density at radius 1 is 1.13 bits per heavy atom. The first-order valence-corrected chi connectivity index (χ1v) is 9.64. The van der Waals surface area contributed by atoms with E-state index in [1.807, 2.05) is 19.1 Å². The molecule has 1 amide bonds. The number of carbonyl (C=O) groups excluding carboxylic acids is 1.